The molecule has 1 fully saturated rings. The van der Waals surface area contributed by atoms with Crippen LogP contribution >= 0.6 is 11.3 Å². The lowest BCUT2D eigenvalue weighted by Crippen LogP contribution is -2.47. The molecule has 100 valence electrons. The average molecular weight is 267 g/mol. The summed E-state index contributed by atoms with van der Waals surface area (Å²) in [5.41, 5.74) is 0. The summed E-state index contributed by atoms with van der Waals surface area (Å²) >= 11 is 1.60. The number of amides is 1. The van der Waals surface area contributed by atoms with E-state index in [9.17, 15) is 4.79 Å². The first-order valence-electron chi connectivity index (χ1n) is 6.42. The van der Waals surface area contributed by atoms with Crippen LogP contribution in [0.2, 0.25) is 0 Å². The number of rotatable bonds is 4. The summed E-state index contributed by atoms with van der Waals surface area (Å²) in [5.74, 6) is 0.256. The van der Waals surface area contributed by atoms with Crippen LogP contribution < -0.4 is 10.2 Å². The Morgan fingerprint density at radius 1 is 1.56 bits per heavy atom. The van der Waals surface area contributed by atoms with Gasteiger partial charge in [0.25, 0.3) is 0 Å². The van der Waals surface area contributed by atoms with Crippen LogP contribution in [0.15, 0.2) is 17.5 Å². The minimum Gasteiger partial charge on any atom is -0.314 e. The minimum atomic E-state index is 0.0511. The first-order chi connectivity index (χ1) is 8.68. The molecule has 0 spiro atoms. The zero-order chi connectivity index (χ0) is 13.0. The number of thiophene rings is 1. The van der Waals surface area contributed by atoms with Gasteiger partial charge in [0.2, 0.25) is 5.91 Å². The molecular weight excluding hydrogens is 246 g/mol. The quantitative estimate of drug-likeness (QED) is 0.892. The van der Waals surface area contributed by atoms with E-state index in [1.165, 1.54) is 0 Å². The molecule has 1 aliphatic heterocycles. The topological polar surface area (TPSA) is 35.6 Å². The van der Waals surface area contributed by atoms with Gasteiger partial charge in [-0.3, -0.25) is 4.79 Å². The maximum atomic E-state index is 12.3. The van der Waals surface area contributed by atoms with Crippen molar-refractivity contribution in [3.05, 3.63) is 17.5 Å². The van der Waals surface area contributed by atoms with E-state index in [-0.39, 0.29) is 11.8 Å². The number of carbonyl (C=O) groups excluding carboxylic acids is 1. The van der Waals surface area contributed by atoms with Crippen LogP contribution in [-0.2, 0) is 4.79 Å². The summed E-state index contributed by atoms with van der Waals surface area (Å²) in [6.45, 7) is 7.02. The third-order valence-corrected chi connectivity index (χ3v) is 4.28. The third kappa shape index (κ3) is 3.31. The number of hydrogen-bond acceptors (Lipinski definition) is 4. The maximum absolute atomic E-state index is 12.3. The molecule has 5 heteroatoms. The summed E-state index contributed by atoms with van der Waals surface area (Å²) in [6, 6.07) is 3.96. The number of hydrogen-bond donors (Lipinski definition) is 1. The van der Waals surface area contributed by atoms with Crippen molar-refractivity contribution in [3.63, 3.8) is 0 Å². The van der Waals surface area contributed by atoms with Crippen LogP contribution in [0.1, 0.15) is 6.92 Å². The van der Waals surface area contributed by atoms with Crippen molar-refractivity contribution in [3.8, 4) is 0 Å². The molecule has 1 aromatic heterocycles. The van der Waals surface area contributed by atoms with E-state index in [2.05, 4.69) is 10.2 Å². The van der Waals surface area contributed by atoms with Gasteiger partial charge in [-0.25, -0.2) is 0 Å². The smallest absolute Gasteiger partial charge is 0.231 e. The molecule has 1 N–H and O–H groups in total. The van der Waals surface area contributed by atoms with E-state index in [0.717, 1.165) is 37.7 Å². The molecule has 1 aromatic rings. The Balaban J connectivity index is 1.87. The van der Waals surface area contributed by atoms with Crippen LogP contribution in [-0.4, -0.2) is 50.6 Å². The molecule has 0 aromatic carbocycles. The Kier molecular flexibility index (Phi) is 4.74. The van der Waals surface area contributed by atoms with Gasteiger partial charge in [0.05, 0.1) is 5.00 Å². The summed E-state index contributed by atoms with van der Waals surface area (Å²) in [4.78, 5) is 16.4. The van der Waals surface area contributed by atoms with Crippen molar-refractivity contribution >= 4 is 22.2 Å². The molecule has 0 aliphatic carbocycles. The molecule has 1 saturated heterocycles. The Morgan fingerprint density at radius 2 is 2.28 bits per heavy atom. The average Bonchev–Trinajstić information content (AvgIpc) is 2.92. The second-order valence-electron chi connectivity index (χ2n) is 4.80. The van der Waals surface area contributed by atoms with Gasteiger partial charge in [0.1, 0.15) is 0 Å². The van der Waals surface area contributed by atoms with E-state index in [1.807, 2.05) is 31.5 Å². The van der Waals surface area contributed by atoms with E-state index in [4.69, 9.17) is 0 Å². The first kappa shape index (κ1) is 13.5. The third-order valence-electron chi connectivity index (χ3n) is 3.33. The Labute approximate surface area is 113 Å². The van der Waals surface area contributed by atoms with E-state index in [1.54, 1.807) is 16.2 Å². The Bertz CT molecular complexity index is 374. The summed E-state index contributed by atoms with van der Waals surface area (Å²) < 4.78 is 0. The van der Waals surface area contributed by atoms with Crippen molar-refractivity contribution < 1.29 is 4.79 Å². The van der Waals surface area contributed by atoms with E-state index < -0.39 is 0 Å². The van der Waals surface area contributed by atoms with Crippen molar-refractivity contribution in [1.29, 1.82) is 0 Å². The molecular formula is C13H21N3OS. The van der Waals surface area contributed by atoms with Gasteiger partial charge in [0.15, 0.2) is 0 Å². The molecule has 2 heterocycles. The molecule has 2 rings (SSSR count). The zero-order valence-electron chi connectivity index (χ0n) is 11.1. The van der Waals surface area contributed by atoms with Crippen LogP contribution in [0, 0.1) is 5.92 Å². The fourth-order valence-electron chi connectivity index (χ4n) is 2.26. The van der Waals surface area contributed by atoms with Crippen LogP contribution in [0.3, 0.4) is 0 Å². The second-order valence-corrected chi connectivity index (χ2v) is 5.73. The largest absolute Gasteiger partial charge is 0.314 e. The predicted molar refractivity (Wildman–Crippen MR) is 76.2 cm³/mol. The highest BCUT2D eigenvalue weighted by molar-refractivity contribution is 7.14. The molecule has 0 bridgehead atoms. The van der Waals surface area contributed by atoms with Crippen LogP contribution in [0.5, 0.6) is 0 Å². The van der Waals surface area contributed by atoms with Crippen molar-refractivity contribution in [2.75, 3.05) is 44.7 Å². The monoisotopic (exact) mass is 267 g/mol. The standard InChI is InChI=1S/C13H21N3OS/c1-11(10-16-7-5-14-6-8-16)13(17)15(2)12-4-3-9-18-12/h3-4,9,11,14H,5-8,10H2,1-2H3. The van der Waals surface area contributed by atoms with Crippen LogP contribution in [0.25, 0.3) is 0 Å². The lowest BCUT2D eigenvalue weighted by molar-refractivity contribution is -0.122. The molecule has 1 aliphatic rings. The highest BCUT2D eigenvalue weighted by Crippen LogP contribution is 2.21. The molecule has 4 nitrogen and oxygen atoms in total. The normalized spacial score (nSPS) is 18.6. The number of nitrogens with one attached hydrogen (secondary N) is 1. The number of anilines is 1. The maximum Gasteiger partial charge on any atom is 0.231 e. The van der Waals surface area contributed by atoms with Gasteiger partial charge >= 0.3 is 0 Å². The molecule has 18 heavy (non-hydrogen) atoms. The Hall–Kier alpha value is -0.910. The summed E-state index contributed by atoms with van der Waals surface area (Å²) in [6.07, 6.45) is 0. The van der Waals surface area contributed by atoms with E-state index in [0.29, 0.717) is 0 Å². The van der Waals surface area contributed by atoms with Gasteiger partial charge < -0.3 is 15.1 Å². The lowest BCUT2D eigenvalue weighted by atomic mass is 10.1. The number of nitrogens with zero attached hydrogens (tertiary/aromatic N) is 2. The van der Waals surface area contributed by atoms with Crippen LogP contribution in [0.4, 0.5) is 5.00 Å². The highest BCUT2D eigenvalue weighted by atomic mass is 32.1. The predicted octanol–water partition coefficient (Wildman–Crippen LogP) is 1.25. The highest BCUT2D eigenvalue weighted by Gasteiger charge is 2.22. The fraction of sp³-hybridized carbons (Fsp3) is 0.615. The summed E-state index contributed by atoms with van der Waals surface area (Å²) in [5, 5.41) is 6.35. The van der Waals surface area contributed by atoms with Crippen molar-refractivity contribution in [1.82, 2.24) is 10.2 Å². The first-order valence-corrected chi connectivity index (χ1v) is 7.30. The van der Waals surface area contributed by atoms with Gasteiger partial charge in [-0.1, -0.05) is 6.92 Å². The zero-order valence-corrected chi connectivity index (χ0v) is 11.9. The molecule has 1 atom stereocenters. The molecule has 1 amide bonds. The SMILES string of the molecule is CC(CN1CCNCC1)C(=O)N(C)c1cccs1. The van der Waals surface area contributed by atoms with E-state index >= 15 is 0 Å². The molecule has 1 unspecified atom stereocenters. The van der Waals surface area contributed by atoms with Crippen molar-refractivity contribution in [2.45, 2.75) is 6.92 Å². The lowest BCUT2D eigenvalue weighted by Gasteiger charge is -2.30. The number of piperazine rings is 1. The Morgan fingerprint density at radius 3 is 2.89 bits per heavy atom. The molecule has 0 saturated carbocycles. The van der Waals surface area contributed by atoms with Gasteiger partial charge in [-0.2, -0.15) is 0 Å². The van der Waals surface area contributed by atoms with Crippen molar-refractivity contribution in [2.24, 2.45) is 5.92 Å². The number of carbonyl (C=O) groups is 1. The van der Waals surface area contributed by atoms with Gasteiger partial charge in [-0.05, 0) is 17.5 Å². The summed E-state index contributed by atoms with van der Waals surface area (Å²) in [7, 11) is 1.86. The second kappa shape index (κ2) is 6.31. The van der Waals surface area contributed by atoms with Gasteiger partial charge in [0, 0.05) is 45.7 Å². The fourth-order valence-corrected chi connectivity index (χ4v) is 2.96. The molecule has 0 radical (unpaired) electrons. The minimum absolute atomic E-state index is 0.0511. The van der Waals surface area contributed by atoms with Gasteiger partial charge in [-0.15, -0.1) is 11.3 Å².